The Balaban J connectivity index is 4.15. The van der Waals surface area contributed by atoms with Gasteiger partial charge in [0, 0.05) is 0 Å². The van der Waals surface area contributed by atoms with Crippen LogP contribution in [-0.2, 0) is 14.3 Å². The van der Waals surface area contributed by atoms with Gasteiger partial charge in [0.15, 0.2) is 0 Å². The summed E-state index contributed by atoms with van der Waals surface area (Å²) < 4.78 is 10.1. The summed E-state index contributed by atoms with van der Waals surface area (Å²) in [4.78, 5) is 23.3. The molecule has 0 aromatic rings. The van der Waals surface area contributed by atoms with Crippen molar-refractivity contribution in [3.8, 4) is 0 Å². The van der Waals surface area contributed by atoms with Crippen LogP contribution in [0.2, 0.25) is 0 Å². The zero-order valence-electron chi connectivity index (χ0n) is 12.5. The molecule has 0 heterocycles. The van der Waals surface area contributed by atoms with Crippen LogP contribution in [-0.4, -0.2) is 31.3 Å². The van der Waals surface area contributed by atoms with Crippen molar-refractivity contribution in [2.75, 3.05) is 13.2 Å². The average molecular weight is 273 g/mol. The SMILES string of the molecule is CCCCOC(=O)NC(CCC)C(=O)OCC(C)C. The second-order valence-electron chi connectivity index (χ2n) is 5.00. The fraction of sp³-hybridized carbons (Fsp3) is 0.857. The fourth-order valence-corrected chi connectivity index (χ4v) is 1.38. The first-order valence-corrected chi connectivity index (χ1v) is 7.11. The zero-order valence-corrected chi connectivity index (χ0v) is 12.5. The van der Waals surface area contributed by atoms with E-state index >= 15 is 0 Å². The van der Waals surface area contributed by atoms with Crippen molar-refractivity contribution < 1.29 is 19.1 Å². The Morgan fingerprint density at radius 3 is 2.32 bits per heavy atom. The molecule has 0 aromatic carbocycles. The Morgan fingerprint density at radius 1 is 1.11 bits per heavy atom. The van der Waals surface area contributed by atoms with E-state index in [2.05, 4.69) is 5.32 Å². The minimum Gasteiger partial charge on any atom is -0.464 e. The molecular formula is C14H27NO4. The Hall–Kier alpha value is -1.26. The number of unbranched alkanes of at least 4 members (excludes halogenated alkanes) is 1. The Bertz CT molecular complexity index is 266. The maximum atomic E-state index is 11.8. The summed E-state index contributed by atoms with van der Waals surface area (Å²) in [5.74, 6) is -0.106. The molecule has 5 heteroatoms. The van der Waals surface area contributed by atoms with Crippen molar-refractivity contribution in [3.05, 3.63) is 0 Å². The molecule has 0 rings (SSSR count). The highest BCUT2D eigenvalue weighted by Crippen LogP contribution is 2.03. The lowest BCUT2D eigenvalue weighted by atomic mass is 10.1. The third-order valence-corrected chi connectivity index (χ3v) is 2.44. The van der Waals surface area contributed by atoms with Gasteiger partial charge in [0.05, 0.1) is 13.2 Å². The second-order valence-corrected chi connectivity index (χ2v) is 5.00. The van der Waals surface area contributed by atoms with Crippen molar-refractivity contribution >= 4 is 12.1 Å². The number of hydrogen-bond acceptors (Lipinski definition) is 4. The van der Waals surface area contributed by atoms with Crippen LogP contribution in [0.3, 0.4) is 0 Å². The summed E-state index contributed by atoms with van der Waals surface area (Å²) in [6.45, 7) is 8.65. The molecule has 1 unspecified atom stereocenters. The first-order chi connectivity index (χ1) is 9.01. The van der Waals surface area contributed by atoms with E-state index in [4.69, 9.17) is 9.47 Å². The van der Waals surface area contributed by atoms with Crippen LogP contribution in [0.25, 0.3) is 0 Å². The smallest absolute Gasteiger partial charge is 0.407 e. The van der Waals surface area contributed by atoms with E-state index in [1.54, 1.807) is 0 Å². The number of amides is 1. The molecule has 1 N–H and O–H groups in total. The quantitative estimate of drug-likeness (QED) is 0.518. The van der Waals surface area contributed by atoms with Crippen molar-refractivity contribution in [2.24, 2.45) is 5.92 Å². The molecule has 0 aliphatic heterocycles. The summed E-state index contributed by atoms with van der Waals surface area (Å²) in [5, 5.41) is 2.56. The minimum atomic E-state index is -0.613. The molecule has 5 nitrogen and oxygen atoms in total. The monoisotopic (exact) mass is 273 g/mol. The maximum absolute atomic E-state index is 11.8. The molecule has 19 heavy (non-hydrogen) atoms. The topological polar surface area (TPSA) is 64.6 Å². The van der Waals surface area contributed by atoms with Crippen molar-refractivity contribution in [1.29, 1.82) is 0 Å². The van der Waals surface area contributed by atoms with E-state index in [9.17, 15) is 9.59 Å². The minimum absolute atomic E-state index is 0.280. The van der Waals surface area contributed by atoms with Crippen molar-refractivity contribution in [1.82, 2.24) is 5.32 Å². The van der Waals surface area contributed by atoms with Crippen LogP contribution in [0, 0.1) is 5.92 Å². The molecule has 0 radical (unpaired) electrons. The number of nitrogens with one attached hydrogen (secondary N) is 1. The lowest BCUT2D eigenvalue weighted by Crippen LogP contribution is -2.42. The number of rotatable bonds is 9. The van der Waals surface area contributed by atoms with Crippen LogP contribution < -0.4 is 5.32 Å². The zero-order chi connectivity index (χ0) is 14.7. The first kappa shape index (κ1) is 17.7. The summed E-state index contributed by atoms with van der Waals surface area (Å²) in [6.07, 6.45) is 2.58. The Labute approximate surface area is 116 Å². The van der Waals surface area contributed by atoms with Gasteiger partial charge >= 0.3 is 12.1 Å². The van der Waals surface area contributed by atoms with E-state index in [-0.39, 0.29) is 11.9 Å². The molecule has 0 aliphatic rings. The Kier molecular flexibility index (Phi) is 9.94. The molecule has 0 saturated heterocycles. The largest absolute Gasteiger partial charge is 0.464 e. The van der Waals surface area contributed by atoms with Gasteiger partial charge < -0.3 is 14.8 Å². The van der Waals surface area contributed by atoms with Crippen molar-refractivity contribution in [2.45, 2.75) is 59.4 Å². The summed E-state index contributed by atoms with van der Waals surface area (Å²) in [7, 11) is 0. The van der Waals surface area contributed by atoms with Gasteiger partial charge in [-0.2, -0.15) is 0 Å². The van der Waals surface area contributed by atoms with Crippen LogP contribution in [0.1, 0.15) is 53.4 Å². The van der Waals surface area contributed by atoms with Crippen LogP contribution in [0.5, 0.6) is 0 Å². The van der Waals surface area contributed by atoms with Gasteiger partial charge in [-0.3, -0.25) is 0 Å². The summed E-state index contributed by atoms with van der Waals surface area (Å²) in [5.41, 5.74) is 0. The van der Waals surface area contributed by atoms with E-state index in [1.807, 2.05) is 27.7 Å². The van der Waals surface area contributed by atoms with Gasteiger partial charge in [0.2, 0.25) is 0 Å². The second kappa shape index (κ2) is 10.6. The van der Waals surface area contributed by atoms with Gasteiger partial charge in [-0.15, -0.1) is 0 Å². The van der Waals surface area contributed by atoms with Gasteiger partial charge in [-0.1, -0.05) is 40.5 Å². The molecule has 0 spiro atoms. The lowest BCUT2D eigenvalue weighted by molar-refractivity contribution is -0.147. The van der Waals surface area contributed by atoms with E-state index in [1.165, 1.54) is 0 Å². The summed E-state index contributed by atoms with van der Waals surface area (Å²) >= 11 is 0. The average Bonchev–Trinajstić information content (AvgIpc) is 2.35. The van der Waals surface area contributed by atoms with Gasteiger partial charge in [-0.05, 0) is 18.8 Å². The number of carbonyl (C=O) groups is 2. The van der Waals surface area contributed by atoms with E-state index < -0.39 is 12.1 Å². The Morgan fingerprint density at radius 2 is 1.79 bits per heavy atom. The highest BCUT2D eigenvalue weighted by Gasteiger charge is 2.22. The fourth-order valence-electron chi connectivity index (χ4n) is 1.38. The number of alkyl carbamates (subject to hydrolysis) is 1. The number of esters is 1. The predicted octanol–water partition coefficient (Wildman–Crippen LogP) is 2.88. The molecule has 0 aromatic heterocycles. The summed E-state index contributed by atoms with van der Waals surface area (Å²) in [6, 6.07) is -0.613. The van der Waals surface area contributed by atoms with Crippen LogP contribution in [0.4, 0.5) is 4.79 Å². The molecule has 1 atom stereocenters. The number of carbonyl (C=O) groups excluding carboxylic acids is 2. The number of ether oxygens (including phenoxy) is 2. The third kappa shape index (κ3) is 9.33. The van der Waals surface area contributed by atoms with Crippen molar-refractivity contribution in [3.63, 3.8) is 0 Å². The molecule has 0 bridgehead atoms. The van der Waals surface area contributed by atoms with Crippen LogP contribution in [0.15, 0.2) is 0 Å². The predicted molar refractivity (Wildman–Crippen MR) is 73.9 cm³/mol. The number of hydrogen-bond donors (Lipinski definition) is 1. The highest BCUT2D eigenvalue weighted by molar-refractivity contribution is 5.81. The van der Waals surface area contributed by atoms with Gasteiger partial charge in [0.1, 0.15) is 6.04 Å². The van der Waals surface area contributed by atoms with E-state index in [0.29, 0.717) is 19.6 Å². The van der Waals surface area contributed by atoms with Gasteiger partial charge in [-0.25, -0.2) is 9.59 Å². The molecule has 0 saturated carbocycles. The molecular weight excluding hydrogens is 246 g/mol. The lowest BCUT2D eigenvalue weighted by Gasteiger charge is -2.17. The molecule has 112 valence electrons. The van der Waals surface area contributed by atoms with E-state index in [0.717, 1.165) is 19.3 Å². The first-order valence-electron chi connectivity index (χ1n) is 7.11. The van der Waals surface area contributed by atoms with Crippen LogP contribution >= 0.6 is 0 Å². The molecule has 0 fully saturated rings. The standard InChI is InChI=1S/C14H27NO4/c1-5-7-9-18-14(17)15-12(8-6-2)13(16)19-10-11(3)4/h11-12H,5-10H2,1-4H3,(H,15,17). The highest BCUT2D eigenvalue weighted by atomic mass is 16.6. The molecule has 1 amide bonds. The maximum Gasteiger partial charge on any atom is 0.407 e. The third-order valence-electron chi connectivity index (χ3n) is 2.44. The normalized spacial score (nSPS) is 12.1. The van der Waals surface area contributed by atoms with Gasteiger partial charge in [0.25, 0.3) is 0 Å². The molecule has 0 aliphatic carbocycles.